The molecule has 1 N–H and O–H groups in total. The molecule has 2 aromatic rings. The molecule has 6 nitrogen and oxygen atoms in total. The van der Waals surface area contributed by atoms with Crippen LogP contribution in [0, 0.1) is 0 Å². The first kappa shape index (κ1) is 17.3. The first-order valence-corrected chi connectivity index (χ1v) is 9.96. The van der Waals surface area contributed by atoms with Crippen molar-refractivity contribution in [1.29, 1.82) is 0 Å². The summed E-state index contributed by atoms with van der Waals surface area (Å²) in [6, 6.07) is 6.38. The van der Waals surface area contributed by atoms with Crippen LogP contribution in [0.4, 0.5) is 9.93 Å². The van der Waals surface area contributed by atoms with E-state index < -0.39 is 0 Å². The molecule has 1 fully saturated rings. The summed E-state index contributed by atoms with van der Waals surface area (Å²) in [6.45, 7) is 4.13. The van der Waals surface area contributed by atoms with Crippen LogP contribution < -0.4 is 10.2 Å². The molecule has 24 heavy (non-hydrogen) atoms. The fourth-order valence-electron chi connectivity index (χ4n) is 2.63. The fraction of sp³-hybridized carbons (Fsp3) is 0.500. The molecule has 8 heteroatoms. The summed E-state index contributed by atoms with van der Waals surface area (Å²) in [5, 5.41) is 3.91. The molecule has 130 valence electrons. The molecule has 0 bridgehead atoms. The second-order valence-corrected chi connectivity index (χ2v) is 7.42. The Bertz CT molecular complexity index is 698. The van der Waals surface area contributed by atoms with E-state index in [1.807, 2.05) is 4.90 Å². The van der Waals surface area contributed by atoms with Gasteiger partial charge >= 0.3 is 6.03 Å². The summed E-state index contributed by atoms with van der Waals surface area (Å²) in [5.41, 5.74) is 1.05. The highest BCUT2D eigenvalue weighted by Crippen LogP contribution is 2.31. The van der Waals surface area contributed by atoms with Gasteiger partial charge in [0.25, 0.3) is 0 Å². The highest BCUT2D eigenvalue weighted by atomic mass is 32.2. The number of piperazine rings is 1. The Kier molecular flexibility index (Phi) is 5.80. The molecular formula is C16H22N4O2S2. The van der Waals surface area contributed by atoms with Gasteiger partial charge in [-0.25, -0.2) is 9.78 Å². The minimum absolute atomic E-state index is 0.0133. The summed E-state index contributed by atoms with van der Waals surface area (Å²) in [4.78, 5) is 22.2. The van der Waals surface area contributed by atoms with Crippen LogP contribution in [-0.2, 0) is 4.74 Å². The maximum Gasteiger partial charge on any atom is 0.317 e. The Morgan fingerprint density at radius 3 is 2.88 bits per heavy atom. The predicted octanol–water partition coefficient (Wildman–Crippen LogP) is 2.50. The van der Waals surface area contributed by atoms with Gasteiger partial charge in [0, 0.05) is 44.7 Å². The molecule has 0 spiro atoms. The number of methoxy groups -OCH3 is 1. The van der Waals surface area contributed by atoms with E-state index in [-0.39, 0.29) is 6.03 Å². The lowest BCUT2D eigenvalue weighted by molar-refractivity contribution is 0.177. The molecule has 0 unspecified atom stereocenters. The number of urea groups is 1. The quantitative estimate of drug-likeness (QED) is 0.651. The first-order valence-electron chi connectivity index (χ1n) is 7.92. The molecule has 2 heterocycles. The Morgan fingerprint density at radius 1 is 1.38 bits per heavy atom. The number of ether oxygens (including phenoxy) is 1. The normalized spacial score (nSPS) is 15.1. The maximum absolute atomic E-state index is 12.1. The predicted molar refractivity (Wildman–Crippen MR) is 100 cm³/mol. The Balaban J connectivity index is 1.59. The van der Waals surface area contributed by atoms with Gasteiger partial charge in [-0.05, 0) is 24.5 Å². The average molecular weight is 367 g/mol. The number of amides is 2. The molecule has 1 aromatic heterocycles. The topological polar surface area (TPSA) is 57.7 Å². The molecule has 1 aliphatic heterocycles. The minimum Gasteiger partial charge on any atom is -0.383 e. The maximum atomic E-state index is 12.1. The van der Waals surface area contributed by atoms with Gasteiger partial charge in [0.05, 0.1) is 16.8 Å². The smallest absolute Gasteiger partial charge is 0.317 e. The monoisotopic (exact) mass is 366 g/mol. The number of nitrogens with one attached hydrogen (secondary N) is 1. The van der Waals surface area contributed by atoms with Crippen LogP contribution in [0.2, 0.25) is 0 Å². The van der Waals surface area contributed by atoms with E-state index in [0.29, 0.717) is 26.2 Å². The Hall–Kier alpha value is -1.51. The number of thioether (sulfide) groups is 1. The highest BCUT2D eigenvalue weighted by molar-refractivity contribution is 7.98. The van der Waals surface area contributed by atoms with E-state index in [4.69, 9.17) is 9.72 Å². The van der Waals surface area contributed by atoms with Crippen molar-refractivity contribution >= 4 is 44.5 Å². The van der Waals surface area contributed by atoms with E-state index in [9.17, 15) is 4.79 Å². The van der Waals surface area contributed by atoms with E-state index >= 15 is 0 Å². The molecule has 3 rings (SSSR count). The van der Waals surface area contributed by atoms with E-state index in [2.05, 4.69) is 34.7 Å². The zero-order valence-corrected chi connectivity index (χ0v) is 15.6. The van der Waals surface area contributed by atoms with Crippen LogP contribution in [0.15, 0.2) is 23.1 Å². The van der Waals surface area contributed by atoms with Gasteiger partial charge in [-0.1, -0.05) is 11.3 Å². The van der Waals surface area contributed by atoms with Gasteiger partial charge in [0.2, 0.25) is 0 Å². The summed E-state index contributed by atoms with van der Waals surface area (Å²) in [7, 11) is 1.63. The van der Waals surface area contributed by atoms with Gasteiger partial charge in [-0.15, -0.1) is 11.8 Å². The van der Waals surface area contributed by atoms with Gasteiger partial charge in [-0.3, -0.25) is 0 Å². The number of aromatic nitrogens is 1. The van der Waals surface area contributed by atoms with Crippen molar-refractivity contribution < 1.29 is 9.53 Å². The number of nitrogens with zero attached hydrogens (tertiary/aromatic N) is 3. The summed E-state index contributed by atoms with van der Waals surface area (Å²) < 4.78 is 6.17. The Morgan fingerprint density at radius 2 is 2.17 bits per heavy atom. The lowest BCUT2D eigenvalue weighted by Crippen LogP contribution is -2.52. The molecule has 1 aliphatic rings. The van der Waals surface area contributed by atoms with Gasteiger partial charge in [0.15, 0.2) is 5.13 Å². The van der Waals surface area contributed by atoms with Crippen molar-refractivity contribution in [2.75, 3.05) is 57.6 Å². The fourth-order valence-corrected chi connectivity index (χ4v) is 4.20. The lowest BCUT2D eigenvalue weighted by atomic mass is 10.3. The van der Waals surface area contributed by atoms with Crippen molar-refractivity contribution in [3.05, 3.63) is 18.2 Å². The number of rotatable bonds is 5. The summed E-state index contributed by atoms with van der Waals surface area (Å²) in [5.74, 6) is 0. The molecule has 2 amide bonds. The van der Waals surface area contributed by atoms with Gasteiger partial charge in [-0.2, -0.15) is 0 Å². The number of carbonyl (C=O) groups excluding carboxylic acids is 1. The molecule has 1 aromatic carbocycles. The van der Waals surface area contributed by atoms with Crippen molar-refractivity contribution in [2.24, 2.45) is 0 Å². The van der Waals surface area contributed by atoms with Crippen molar-refractivity contribution in [3.63, 3.8) is 0 Å². The Labute approximate surface area is 150 Å². The second kappa shape index (κ2) is 8.04. The number of benzene rings is 1. The first-order chi connectivity index (χ1) is 11.7. The molecular weight excluding hydrogens is 344 g/mol. The highest BCUT2D eigenvalue weighted by Gasteiger charge is 2.22. The number of hydrogen-bond donors (Lipinski definition) is 1. The largest absolute Gasteiger partial charge is 0.383 e. The lowest BCUT2D eigenvalue weighted by Gasteiger charge is -2.34. The minimum atomic E-state index is -0.0133. The zero-order valence-electron chi connectivity index (χ0n) is 13.9. The van der Waals surface area contributed by atoms with Crippen LogP contribution in [-0.4, -0.2) is 68.6 Å². The van der Waals surface area contributed by atoms with E-state index in [1.165, 1.54) is 9.60 Å². The molecule has 0 saturated carbocycles. The third-order valence-electron chi connectivity index (χ3n) is 4.00. The van der Waals surface area contributed by atoms with E-state index in [0.717, 1.165) is 23.7 Å². The van der Waals surface area contributed by atoms with Crippen LogP contribution in [0.25, 0.3) is 10.2 Å². The van der Waals surface area contributed by atoms with E-state index in [1.54, 1.807) is 30.2 Å². The third kappa shape index (κ3) is 3.93. The van der Waals surface area contributed by atoms with Gasteiger partial charge in [0.1, 0.15) is 0 Å². The molecule has 0 atom stereocenters. The second-order valence-electron chi connectivity index (χ2n) is 5.53. The zero-order chi connectivity index (χ0) is 16.9. The summed E-state index contributed by atoms with van der Waals surface area (Å²) in [6.07, 6.45) is 2.08. The third-order valence-corrected chi connectivity index (χ3v) is 5.81. The average Bonchev–Trinajstić information content (AvgIpc) is 3.05. The van der Waals surface area contributed by atoms with Crippen LogP contribution >= 0.6 is 23.1 Å². The number of thiazole rings is 1. The van der Waals surface area contributed by atoms with Crippen molar-refractivity contribution in [1.82, 2.24) is 15.2 Å². The van der Waals surface area contributed by atoms with Crippen LogP contribution in [0.1, 0.15) is 0 Å². The SMILES string of the molecule is COCCNC(=O)N1CCN(c2nc3ccc(SC)cc3s2)CC1. The van der Waals surface area contributed by atoms with Gasteiger partial charge < -0.3 is 19.9 Å². The van der Waals surface area contributed by atoms with Crippen LogP contribution in [0.3, 0.4) is 0 Å². The van der Waals surface area contributed by atoms with Crippen LogP contribution in [0.5, 0.6) is 0 Å². The summed E-state index contributed by atoms with van der Waals surface area (Å²) >= 11 is 3.47. The molecule has 0 aliphatic carbocycles. The standard InChI is InChI=1S/C16H22N4O2S2/c1-22-10-5-17-15(21)19-6-8-20(9-7-19)16-18-13-4-3-12(23-2)11-14(13)24-16/h3-4,11H,5-10H2,1-2H3,(H,17,21). The van der Waals surface area contributed by atoms with Crippen molar-refractivity contribution in [2.45, 2.75) is 4.90 Å². The number of hydrogen-bond acceptors (Lipinski definition) is 6. The molecule has 0 radical (unpaired) electrons. The number of anilines is 1. The van der Waals surface area contributed by atoms with Crippen molar-refractivity contribution in [3.8, 4) is 0 Å². The number of fused-ring (bicyclic) bond motifs is 1. The molecule has 1 saturated heterocycles. The number of carbonyl (C=O) groups is 1.